The summed E-state index contributed by atoms with van der Waals surface area (Å²) in [4.78, 5) is 22.5. The van der Waals surface area contributed by atoms with Gasteiger partial charge in [-0.15, -0.1) is 0 Å². The molecule has 3 N–H and O–H groups in total. The molecule has 0 heterocycles. The van der Waals surface area contributed by atoms with Crippen LogP contribution in [0, 0.1) is 0 Å². The van der Waals surface area contributed by atoms with E-state index in [1.165, 1.54) is 0 Å². The number of phosphoric ester groups is 1. The average molecular weight is 852 g/mol. The minimum atomic E-state index is -4.31. The number of ether oxygens (including phenoxy) is 2. The lowest BCUT2D eigenvalue weighted by molar-refractivity contribution is -0.154. The van der Waals surface area contributed by atoms with Crippen LogP contribution in [0.1, 0.15) is 142 Å². The topological polar surface area (TPSA) is 117 Å². The summed E-state index contributed by atoms with van der Waals surface area (Å²) < 4.78 is 33.4. The smallest absolute Gasteiger partial charge is 0.457 e. The molecule has 2 unspecified atom stereocenters. The SMILES string of the molecule is CC/C=C\C/C=C\C/C=C\C/C=C\C/C=C\C/C=C\CCCCCCC(=O)OC(COCCCC/C=C\C/C=C\C/C=C\C/C=C\C/C=C\CC)COP(=O)(O)OCCN. The Hall–Kier alpha value is -3.36. The molecule has 0 aromatic carbocycles. The van der Waals surface area contributed by atoms with Crippen LogP contribution in [0.15, 0.2) is 134 Å². The Labute approximate surface area is 366 Å². The Balaban J connectivity index is 4.20. The highest BCUT2D eigenvalue weighted by molar-refractivity contribution is 7.47. The van der Waals surface area contributed by atoms with Crippen molar-refractivity contribution < 1.29 is 32.8 Å². The van der Waals surface area contributed by atoms with E-state index >= 15 is 0 Å². The number of rotatable bonds is 41. The maximum Gasteiger partial charge on any atom is 0.472 e. The first kappa shape index (κ1) is 56.6. The second-order valence-corrected chi connectivity index (χ2v) is 15.6. The van der Waals surface area contributed by atoms with Crippen molar-refractivity contribution in [3.8, 4) is 0 Å². The van der Waals surface area contributed by atoms with E-state index in [-0.39, 0.29) is 38.8 Å². The maximum atomic E-state index is 12.6. The lowest BCUT2D eigenvalue weighted by Crippen LogP contribution is -2.28. The Morgan fingerprint density at radius 1 is 0.500 bits per heavy atom. The van der Waals surface area contributed by atoms with E-state index in [0.29, 0.717) is 13.0 Å². The largest absolute Gasteiger partial charge is 0.472 e. The molecule has 0 saturated heterocycles. The first-order valence-corrected chi connectivity index (χ1v) is 24.2. The summed E-state index contributed by atoms with van der Waals surface area (Å²) in [6.45, 7) is 4.50. The van der Waals surface area contributed by atoms with E-state index in [1.807, 2.05) is 0 Å². The third-order valence-electron chi connectivity index (χ3n) is 8.56. The van der Waals surface area contributed by atoms with Gasteiger partial charge in [0.25, 0.3) is 0 Å². The van der Waals surface area contributed by atoms with Gasteiger partial charge >= 0.3 is 13.8 Å². The summed E-state index contributed by atoms with van der Waals surface area (Å²) in [7, 11) is -4.31. The number of carbonyl (C=O) groups excluding carboxylic acids is 1. The number of hydrogen-bond acceptors (Lipinski definition) is 7. The first-order valence-electron chi connectivity index (χ1n) is 22.7. The van der Waals surface area contributed by atoms with Gasteiger partial charge in [-0.3, -0.25) is 13.8 Å². The van der Waals surface area contributed by atoms with Crippen molar-refractivity contribution in [2.75, 3.05) is 33.0 Å². The van der Waals surface area contributed by atoms with Gasteiger partial charge in [-0.1, -0.05) is 160 Å². The molecule has 0 spiro atoms. The van der Waals surface area contributed by atoms with Crippen LogP contribution in [0.2, 0.25) is 0 Å². The Kier molecular flexibility index (Phi) is 44.1. The van der Waals surface area contributed by atoms with Gasteiger partial charge in [0, 0.05) is 19.6 Å². The normalized spacial score (nSPS) is 14.7. The second-order valence-electron chi connectivity index (χ2n) is 14.1. The third-order valence-corrected chi connectivity index (χ3v) is 9.55. The van der Waals surface area contributed by atoms with Crippen LogP contribution in [0.5, 0.6) is 0 Å². The zero-order chi connectivity index (χ0) is 43.7. The predicted molar refractivity (Wildman–Crippen MR) is 256 cm³/mol. The summed E-state index contributed by atoms with van der Waals surface area (Å²) in [6.07, 6.45) is 66.2. The van der Waals surface area contributed by atoms with Gasteiger partial charge in [-0.2, -0.15) is 0 Å². The summed E-state index contributed by atoms with van der Waals surface area (Å²) >= 11 is 0. The third kappa shape index (κ3) is 45.7. The zero-order valence-corrected chi connectivity index (χ0v) is 38.3. The van der Waals surface area contributed by atoms with Crippen molar-refractivity contribution in [1.82, 2.24) is 0 Å². The molecule has 0 aliphatic heterocycles. The Morgan fingerprint density at radius 3 is 1.30 bits per heavy atom. The van der Waals surface area contributed by atoms with Crippen LogP contribution >= 0.6 is 7.82 Å². The van der Waals surface area contributed by atoms with Crippen molar-refractivity contribution in [1.29, 1.82) is 0 Å². The number of carbonyl (C=O) groups is 1. The summed E-state index contributed by atoms with van der Waals surface area (Å²) in [5.74, 6) is -0.377. The van der Waals surface area contributed by atoms with Crippen LogP contribution < -0.4 is 5.73 Å². The molecule has 338 valence electrons. The van der Waals surface area contributed by atoms with Gasteiger partial charge in [0.05, 0.1) is 19.8 Å². The molecule has 0 bridgehead atoms. The number of allylic oxidation sites excluding steroid dienone is 22. The zero-order valence-electron chi connectivity index (χ0n) is 37.4. The maximum absolute atomic E-state index is 12.6. The fourth-order valence-electron chi connectivity index (χ4n) is 5.32. The lowest BCUT2D eigenvalue weighted by atomic mass is 10.1. The van der Waals surface area contributed by atoms with Crippen LogP contribution in [-0.4, -0.2) is 49.9 Å². The molecule has 0 aromatic heterocycles. The summed E-state index contributed by atoms with van der Waals surface area (Å²) in [5, 5.41) is 0. The molecule has 0 radical (unpaired) electrons. The van der Waals surface area contributed by atoms with Gasteiger partial charge in [0.2, 0.25) is 0 Å². The van der Waals surface area contributed by atoms with E-state index in [2.05, 4.69) is 148 Å². The molecule has 0 amide bonds. The van der Waals surface area contributed by atoms with E-state index in [9.17, 15) is 14.3 Å². The molecule has 0 rings (SSSR count). The molecule has 9 heteroatoms. The van der Waals surface area contributed by atoms with Crippen molar-refractivity contribution >= 4 is 13.8 Å². The summed E-state index contributed by atoms with van der Waals surface area (Å²) in [6, 6.07) is 0. The summed E-state index contributed by atoms with van der Waals surface area (Å²) in [5.41, 5.74) is 5.37. The highest BCUT2D eigenvalue weighted by Gasteiger charge is 2.25. The number of phosphoric acid groups is 1. The van der Waals surface area contributed by atoms with E-state index in [4.69, 9.17) is 24.3 Å². The highest BCUT2D eigenvalue weighted by atomic mass is 31.2. The van der Waals surface area contributed by atoms with Crippen LogP contribution in [0.25, 0.3) is 0 Å². The fourth-order valence-corrected chi connectivity index (χ4v) is 6.08. The molecule has 2 atom stereocenters. The predicted octanol–water partition coefficient (Wildman–Crippen LogP) is 14.0. The number of nitrogens with two attached hydrogens (primary N) is 1. The Morgan fingerprint density at radius 2 is 0.883 bits per heavy atom. The van der Waals surface area contributed by atoms with E-state index in [1.54, 1.807) is 0 Å². The molecule has 0 aromatic rings. The monoisotopic (exact) mass is 852 g/mol. The minimum absolute atomic E-state index is 0.0657. The van der Waals surface area contributed by atoms with Crippen LogP contribution in [0.3, 0.4) is 0 Å². The van der Waals surface area contributed by atoms with Crippen molar-refractivity contribution in [2.24, 2.45) is 5.73 Å². The van der Waals surface area contributed by atoms with Crippen molar-refractivity contribution in [2.45, 2.75) is 148 Å². The van der Waals surface area contributed by atoms with Crippen LogP contribution in [0.4, 0.5) is 0 Å². The van der Waals surface area contributed by atoms with Gasteiger partial charge < -0.3 is 20.1 Å². The van der Waals surface area contributed by atoms with E-state index in [0.717, 1.165) is 116 Å². The quantitative estimate of drug-likeness (QED) is 0.0270. The van der Waals surface area contributed by atoms with Crippen molar-refractivity contribution in [3.63, 3.8) is 0 Å². The van der Waals surface area contributed by atoms with Gasteiger partial charge in [-0.05, 0) is 109 Å². The molecule has 0 aliphatic rings. The number of unbranched alkanes of at least 4 members (excludes halogenated alkanes) is 6. The number of esters is 1. The molecule has 60 heavy (non-hydrogen) atoms. The van der Waals surface area contributed by atoms with Gasteiger partial charge in [0.15, 0.2) is 0 Å². The lowest BCUT2D eigenvalue weighted by Gasteiger charge is -2.20. The second kappa shape index (κ2) is 46.7. The molecule has 0 saturated carbocycles. The minimum Gasteiger partial charge on any atom is -0.457 e. The Bertz CT molecular complexity index is 1370. The van der Waals surface area contributed by atoms with Gasteiger partial charge in [-0.25, -0.2) is 4.57 Å². The molecule has 0 fully saturated rings. The average Bonchev–Trinajstić information content (AvgIpc) is 3.24. The first-order chi connectivity index (χ1) is 29.4. The van der Waals surface area contributed by atoms with Gasteiger partial charge in [0.1, 0.15) is 6.10 Å². The molecular formula is C51H82NO7P. The van der Waals surface area contributed by atoms with E-state index < -0.39 is 13.9 Å². The standard InChI is InChI=1S/C51H82NO7P/c1-3-5-7-9-11-13-15-17-19-21-23-24-25-26-27-28-30-32-34-36-38-40-42-44-51(53)59-50(49-58-60(54,55)57-47-45-52)48-56-46-43-41-39-37-35-33-31-29-22-20-18-16-14-12-10-8-6-4-2/h5-8,11-14,17-20,23-24,26-27,29-32,35,37,50H,3-4,9-10,15-16,21-22,25,28,33-34,36,38-49,52H2,1-2H3,(H,54,55)/b7-5-,8-6-,13-11-,14-12-,19-17-,20-18-,24-23-,27-26-,31-29-,32-30-,37-35-. The number of hydrogen-bond donors (Lipinski definition) is 2. The fraction of sp³-hybridized carbons (Fsp3) is 0.549. The van der Waals surface area contributed by atoms with Crippen molar-refractivity contribution in [3.05, 3.63) is 134 Å². The molecule has 0 aliphatic carbocycles. The highest BCUT2D eigenvalue weighted by Crippen LogP contribution is 2.43. The van der Waals surface area contributed by atoms with Crippen LogP contribution in [-0.2, 0) is 27.9 Å². The molecular weight excluding hydrogens is 770 g/mol. The molecule has 8 nitrogen and oxygen atoms in total.